The van der Waals surface area contributed by atoms with E-state index in [1.54, 1.807) is 6.20 Å². The molecule has 2 aromatic carbocycles. The van der Waals surface area contributed by atoms with Gasteiger partial charge < -0.3 is 10.1 Å². The molecule has 1 saturated heterocycles. The van der Waals surface area contributed by atoms with Crippen LogP contribution in [0.5, 0.6) is 0 Å². The molecule has 28 heavy (non-hydrogen) atoms. The monoisotopic (exact) mass is 439 g/mol. The third-order valence-electron chi connectivity index (χ3n) is 5.29. The summed E-state index contributed by atoms with van der Waals surface area (Å²) in [6.07, 6.45) is 5.06. The van der Waals surface area contributed by atoms with E-state index in [1.165, 1.54) is 0 Å². The average molecular weight is 440 g/mol. The summed E-state index contributed by atoms with van der Waals surface area (Å²) >= 11 is 3.47. The van der Waals surface area contributed by atoms with E-state index in [2.05, 4.69) is 26.3 Å². The molecular weight excluding hydrogens is 418 g/mol. The summed E-state index contributed by atoms with van der Waals surface area (Å²) in [5, 5.41) is 7.35. The van der Waals surface area contributed by atoms with E-state index in [-0.39, 0.29) is 5.91 Å². The first-order valence-electron chi connectivity index (χ1n) is 9.37. The number of nitrogens with zero attached hydrogens (tertiary/aromatic N) is 2. The molecule has 6 heteroatoms. The summed E-state index contributed by atoms with van der Waals surface area (Å²) < 4.78 is 8.42. The van der Waals surface area contributed by atoms with Crippen LogP contribution in [0.25, 0.3) is 0 Å². The summed E-state index contributed by atoms with van der Waals surface area (Å²) in [4.78, 5) is 13.3. The first kappa shape index (κ1) is 18.9. The molecule has 0 spiro atoms. The van der Waals surface area contributed by atoms with Gasteiger partial charge in [0.1, 0.15) is 0 Å². The van der Waals surface area contributed by atoms with Crippen LogP contribution in [-0.2, 0) is 21.5 Å². The Morgan fingerprint density at radius 1 is 1.11 bits per heavy atom. The van der Waals surface area contributed by atoms with E-state index in [0.717, 1.165) is 21.3 Å². The third kappa shape index (κ3) is 4.03. The summed E-state index contributed by atoms with van der Waals surface area (Å²) in [6.45, 7) is 1.89. The first-order valence-corrected chi connectivity index (χ1v) is 10.2. The zero-order valence-electron chi connectivity index (χ0n) is 15.5. The lowest BCUT2D eigenvalue weighted by Gasteiger charge is -2.36. The molecule has 0 atom stereocenters. The van der Waals surface area contributed by atoms with Crippen molar-refractivity contribution in [2.75, 3.05) is 18.5 Å². The standard InChI is InChI=1S/C22H22BrN3O2/c23-19-6-4-18(5-7-19)22(10-14-28-15-11-22)21(27)25-20-8-2-17(3-9-20)16-26-13-1-12-24-26/h1-9,12-13H,10-11,14-16H2,(H,25,27). The van der Waals surface area contributed by atoms with Crippen molar-refractivity contribution in [3.05, 3.63) is 82.6 Å². The minimum Gasteiger partial charge on any atom is -0.381 e. The lowest BCUT2D eigenvalue weighted by Crippen LogP contribution is -2.44. The van der Waals surface area contributed by atoms with E-state index in [9.17, 15) is 4.79 Å². The summed E-state index contributed by atoms with van der Waals surface area (Å²) in [5.41, 5.74) is 2.41. The summed E-state index contributed by atoms with van der Waals surface area (Å²) in [7, 11) is 0. The smallest absolute Gasteiger partial charge is 0.235 e. The predicted octanol–water partition coefficient (Wildman–Crippen LogP) is 4.38. The number of rotatable bonds is 5. The quantitative estimate of drug-likeness (QED) is 0.641. The number of carbonyl (C=O) groups is 1. The number of ether oxygens (including phenoxy) is 1. The second-order valence-corrected chi connectivity index (χ2v) is 7.97. The zero-order valence-corrected chi connectivity index (χ0v) is 17.1. The van der Waals surface area contributed by atoms with Gasteiger partial charge in [-0.3, -0.25) is 9.48 Å². The minimum atomic E-state index is -0.563. The van der Waals surface area contributed by atoms with Gasteiger partial charge in [0.25, 0.3) is 0 Å². The zero-order chi connectivity index (χ0) is 19.4. The molecule has 2 heterocycles. The van der Waals surface area contributed by atoms with E-state index in [1.807, 2.05) is 65.5 Å². The van der Waals surface area contributed by atoms with Crippen LogP contribution in [-0.4, -0.2) is 28.9 Å². The molecule has 0 saturated carbocycles. The fourth-order valence-corrected chi connectivity index (χ4v) is 3.93. The Kier molecular flexibility index (Phi) is 5.59. The van der Waals surface area contributed by atoms with Gasteiger partial charge in [-0.1, -0.05) is 40.2 Å². The number of aromatic nitrogens is 2. The Balaban J connectivity index is 1.52. The molecule has 1 fully saturated rings. The topological polar surface area (TPSA) is 56.2 Å². The van der Waals surface area contributed by atoms with E-state index in [0.29, 0.717) is 32.6 Å². The summed E-state index contributed by atoms with van der Waals surface area (Å²) in [6, 6.07) is 17.9. The van der Waals surface area contributed by atoms with Crippen LogP contribution in [0, 0.1) is 0 Å². The molecule has 5 nitrogen and oxygen atoms in total. The van der Waals surface area contributed by atoms with E-state index < -0.39 is 5.41 Å². The van der Waals surface area contributed by atoms with Crippen LogP contribution < -0.4 is 5.32 Å². The van der Waals surface area contributed by atoms with Gasteiger partial charge in [0.05, 0.1) is 12.0 Å². The van der Waals surface area contributed by atoms with Crippen molar-refractivity contribution < 1.29 is 9.53 Å². The average Bonchev–Trinajstić information content (AvgIpc) is 3.23. The van der Waals surface area contributed by atoms with Crippen LogP contribution in [0.4, 0.5) is 5.69 Å². The van der Waals surface area contributed by atoms with Crippen molar-refractivity contribution in [3.63, 3.8) is 0 Å². The molecule has 0 bridgehead atoms. The van der Waals surface area contributed by atoms with Crippen molar-refractivity contribution in [2.24, 2.45) is 0 Å². The van der Waals surface area contributed by atoms with Crippen LogP contribution >= 0.6 is 15.9 Å². The molecule has 144 valence electrons. The van der Waals surface area contributed by atoms with Gasteiger partial charge in [0.2, 0.25) is 5.91 Å². The Labute approximate surface area is 172 Å². The van der Waals surface area contributed by atoms with Crippen LogP contribution in [0.1, 0.15) is 24.0 Å². The molecule has 0 aliphatic carbocycles. The molecule has 1 amide bonds. The normalized spacial score (nSPS) is 15.9. The Bertz CT molecular complexity index is 915. The molecule has 1 aliphatic heterocycles. The number of nitrogens with one attached hydrogen (secondary N) is 1. The van der Waals surface area contributed by atoms with Gasteiger partial charge >= 0.3 is 0 Å². The van der Waals surface area contributed by atoms with Crippen molar-refractivity contribution in [1.29, 1.82) is 0 Å². The SMILES string of the molecule is O=C(Nc1ccc(Cn2cccn2)cc1)C1(c2ccc(Br)cc2)CCOCC1. The van der Waals surface area contributed by atoms with Crippen molar-refractivity contribution in [2.45, 2.75) is 24.8 Å². The Morgan fingerprint density at radius 3 is 2.46 bits per heavy atom. The second kappa shape index (κ2) is 8.29. The largest absolute Gasteiger partial charge is 0.381 e. The number of carbonyl (C=O) groups excluding carboxylic acids is 1. The van der Waals surface area contributed by atoms with Crippen LogP contribution in [0.2, 0.25) is 0 Å². The van der Waals surface area contributed by atoms with Gasteiger partial charge in [-0.2, -0.15) is 5.10 Å². The highest BCUT2D eigenvalue weighted by Gasteiger charge is 2.41. The molecule has 1 N–H and O–H groups in total. The van der Waals surface area contributed by atoms with Crippen LogP contribution in [0.3, 0.4) is 0 Å². The first-order chi connectivity index (χ1) is 13.7. The number of amides is 1. The Morgan fingerprint density at radius 2 is 1.82 bits per heavy atom. The highest BCUT2D eigenvalue weighted by atomic mass is 79.9. The molecular formula is C22H22BrN3O2. The maximum absolute atomic E-state index is 13.3. The number of anilines is 1. The fraction of sp³-hybridized carbons (Fsp3) is 0.273. The lowest BCUT2D eigenvalue weighted by atomic mass is 9.73. The molecule has 0 unspecified atom stereocenters. The predicted molar refractivity (Wildman–Crippen MR) is 112 cm³/mol. The maximum atomic E-state index is 13.3. The number of hydrogen-bond donors (Lipinski definition) is 1. The van der Waals surface area contributed by atoms with Gasteiger partial charge in [-0.25, -0.2) is 0 Å². The van der Waals surface area contributed by atoms with Crippen molar-refractivity contribution in [1.82, 2.24) is 9.78 Å². The van der Waals surface area contributed by atoms with Gasteiger partial charge in [-0.15, -0.1) is 0 Å². The number of halogens is 1. The van der Waals surface area contributed by atoms with Crippen molar-refractivity contribution in [3.8, 4) is 0 Å². The Hall–Kier alpha value is -2.44. The molecule has 1 aliphatic rings. The number of hydrogen-bond acceptors (Lipinski definition) is 3. The second-order valence-electron chi connectivity index (χ2n) is 7.06. The van der Waals surface area contributed by atoms with Crippen LogP contribution in [0.15, 0.2) is 71.5 Å². The maximum Gasteiger partial charge on any atom is 0.235 e. The highest BCUT2D eigenvalue weighted by Crippen LogP contribution is 2.36. The molecule has 1 aromatic heterocycles. The highest BCUT2D eigenvalue weighted by molar-refractivity contribution is 9.10. The van der Waals surface area contributed by atoms with Gasteiger partial charge in [0.15, 0.2) is 0 Å². The van der Waals surface area contributed by atoms with E-state index in [4.69, 9.17) is 4.74 Å². The minimum absolute atomic E-state index is 0.0259. The number of benzene rings is 2. The third-order valence-corrected chi connectivity index (χ3v) is 5.82. The fourth-order valence-electron chi connectivity index (χ4n) is 3.66. The van der Waals surface area contributed by atoms with E-state index >= 15 is 0 Å². The van der Waals surface area contributed by atoms with Gasteiger partial charge in [-0.05, 0) is 54.3 Å². The molecule has 0 radical (unpaired) electrons. The van der Waals surface area contributed by atoms with Crippen molar-refractivity contribution >= 4 is 27.5 Å². The lowest BCUT2D eigenvalue weighted by molar-refractivity contribution is -0.125. The summed E-state index contributed by atoms with van der Waals surface area (Å²) in [5.74, 6) is 0.0259. The molecule has 4 rings (SSSR count). The molecule has 3 aromatic rings. The van der Waals surface area contributed by atoms with Gasteiger partial charge in [0, 0.05) is 35.8 Å².